The van der Waals surface area contributed by atoms with Gasteiger partial charge in [0.15, 0.2) is 11.2 Å². The van der Waals surface area contributed by atoms with E-state index in [1.165, 1.54) is 6.92 Å². The molecule has 0 aromatic heterocycles. The van der Waals surface area contributed by atoms with Crippen LogP contribution in [0.4, 0.5) is 0 Å². The molecule has 172 valence electrons. The number of carbonyl (C=O) groups excluding carboxylic acids is 3. The zero-order valence-corrected chi connectivity index (χ0v) is 19.2. The number of carbonyl (C=O) groups is 4. The van der Waals surface area contributed by atoms with Crippen molar-refractivity contribution in [3.63, 3.8) is 0 Å². The molecule has 1 heterocycles. The van der Waals surface area contributed by atoms with Gasteiger partial charge in [-0.3, -0.25) is 32.7 Å². The second-order valence-electron chi connectivity index (χ2n) is 7.43. The van der Waals surface area contributed by atoms with Crippen LogP contribution in [0.1, 0.15) is 33.6 Å². The average Bonchev–Trinajstić information content (AvgIpc) is 2.67. The van der Waals surface area contributed by atoms with Crippen LogP contribution in [0.15, 0.2) is 0 Å². The normalized spacial score (nSPS) is 23.9. The molecule has 0 aromatic carbocycles. The standard InChI is InChI=1S/C17H29N2O9PS/c1-11(16(23)24)9-13(21)30-8-7-18-12(20)5-6-19-15(22)14-17(2,3)10-27-29(25,26-4)28-14/h11,14H,5-10H2,1-4H3,(H,18,20)(H,19,22)(H,23,24)/t11?,14-,29?/m0/s1. The van der Waals surface area contributed by atoms with Crippen LogP contribution in [0.2, 0.25) is 0 Å². The van der Waals surface area contributed by atoms with E-state index in [0.717, 1.165) is 18.9 Å². The Bertz CT molecular complexity index is 701. The van der Waals surface area contributed by atoms with Crippen LogP contribution in [0.5, 0.6) is 0 Å². The van der Waals surface area contributed by atoms with Crippen molar-refractivity contribution in [3.8, 4) is 0 Å². The Hall–Kier alpha value is -1.46. The third-order valence-electron chi connectivity index (χ3n) is 4.23. The fourth-order valence-electron chi connectivity index (χ4n) is 2.35. The molecule has 0 saturated carbocycles. The third kappa shape index (κ3) is 8.73. The van der Waals surface area contributed by atoms with Gasteiger partial charge in [0.25, 0.3) is 0 Å². The fourth-order valence-corrected chi connectivity index (χ4v) is 4.54. The summed E-state index contributed by atoms with van der Waals surface area (Å²) in [5, 5.41) is 13.7. The van der Waals surface area contributed by atoms with Crippen molar-refractivity contribution in [2.45, 2.75) is 39.7 Å². The van der Waals surface area contributed by atoms with Gasteiger partial charge in [-0.05, 0) is 0 Å². The molecule has 1 saturated heterocycles. The molecular formula is C17H29N2O9PS. The van der Waals surface area contributed by atoms with E-state index in [0.29, 0.717) is 5.75 Å². The molecule has 2 unspecified atom stereocenters. The van der Waals surface area contributed by atoms with Crippen molar-refractivity contribution in [1.82, 2.24) is 10.6 Å². The molecule has 0 bridgehead atoms. The zero-order valence-electron chi connectivity index (χ0n) is 17.5. The number of thioether (sulfide) groups is 1. The number of nitrogens with one attached hydrogen (secondary N) is 2. The van der Waals surface area contributed by atoms with Gasteiger partial charge in [0.2, 0.25) is 11.8 Å². The molecule has 1 aliphatic heterocycles. The van der Waals surface area contributed by atoms with Crippen molar-refractivity contribution in [2.24, 2.45) is 11.3 Å². The number of aliphatic carboxylic acids is 1. The summed E-state index contributed by atoms with van der Waals surface area (Å²) in [4.78, 5) is 46.5. The van der Waals surface area contributed by atoms with Crippen LogP contribution in [0.3, 0.4) is 0 Å². The van der Waals surface area contributed by atoms with Crippen LogP contribution in [-0.2, 0) is 37.3 Å². The summed E-state index contributed by atoms with van der Waals surface area (Å²) >= 11 is 0.960. The van der Waals surface area contributed by atoms with E-state index in [9.17, 15) is 23.7 Å². The van der Waals surface area contributed by atoms with E-state index in [-0.39, 0.29) is 43.6 Å². The lowest BCUT2D eigenvalue weighted by Crippen LogP contribution is -2.50. The highest BCUT2D eigenvalue weighted by atomic mass is 32.2. The minimum Gasteiger partial charge on any atom is -0.481 e. The summed E-state index contributed by atoms with van der Waals surface area (Å²) in [7, 11) is -2.62. The van der Waals surface area contributed by atoms with Crippen molar-refractivity contribution >= 4 is 42.5 Å². The lowest BCUT2D eigenvalue weighted by molar-refractivity contribution is -0.142. The van der Waals surface area contributed by atoms with Crippen LogP contribution in [0.25, 0.3) is 0 Å². The topological polar surface area (TPSA) is 157 Å². The molecule has 30 heavy (non-hydrogen) atoms. The number of phosphoric acid groups is 1. The zero-order chi connectivity index (χ0) is 22.9. The highest BCUT2D eigenvalue weighted by molar-refractivity contribution is 8.13. The third-order valence-corrected chi connectivity index (χ3v) is 6.49. The maximum atomic E-state index is 12.4. The molecule has 3 N–H and O–H groups in total. The van der Waals surface area contributed by atoms with Gasteiger partial charge < -0.3 is 15.7 Å². The first-order valence-electron chi connectivity index (χ1n) is 9.32. The number of amides is 2. The highest BCUT2D eigenvalue weighted by Crippen LogP contribution is 2.56. The molecule has 0 aliphatic carbocycles. The second kappa shape index (κ2) is 11.8. The SMILES string of the molecule is COP1(=O)OCC(C)(C)[C@H](C(=O)NCCC(=O)NCCSC(=O)CC(C)C(=O)O)O1. The van der Waals surface area contributed by atoms with Crippen LogP contribution in [0, 0.1) is 11.3 Å². The molecule has 0 spiro atoms. The lowest BCUT2D eigenvalue weighted by Gasteiger charge is -2.39. The summed E-state index contributed by atoms with van der Waals surface area (Å²) in [6, 6.07) is 0. The summed E-state index contributed by atoms with van der Waals surface area (Å²) in [5.41, 5.74) is -0.735. The van der Waals surface area contributed by atoms with Gasteiger partial charge in [-0.15, -0.1) is 0 Å². The first kappa shape index (κ1) is 26.6. The smallest absolute Gasteiger partial charge is 0.475 e. The minimum absolute atomic E-state index is 0.00594. The van der Waals surface area contributed by atoms with E-state index < -0.39 is 37.1 Å². The Labute approximate surface area is 179 Å². The molecule has 2 amide bonds. The van der Waals surface area contributed by atoms with E-state index in [1.54, 1.807) is 13.8 Å². The molecule has 11 nitrogen and oxygen atoms in total. The van der Waals surface area contributed by atoms with Crippen molar-refractivity contribution in [1.29, 1.82) is 0 Å². The van der Waals surface area contributed by atoms with Gasteiger partial charge in [-0.1, -0.05) is 32.5 Å². The Balaban J connectivity index is 2.29. The average molecular weight is 468 g/mol. The van der Waals surface area contributed by atoms with Gasteiger partial charge in [-0.2, -0.15) is 0 Å². The number of carboxylic acid groups (broad SMARTS) is 1. The highest BCUT2D eigenvalue weighted by Gasteiger charge is 2.48. The number of carboxylic acids is 1. The van der Waals surface area contributed by atoms with Crippen LogP contribution in [-0.4, -0.2) is 66.7 Å². The van der Waals surface area contributed by atoms with E-state index in [2.05, 4.69) is 10.6 Å². The van der Waals surface area contributed by atoms with Crippen molar-refractivity contribution in [3.05, 3.63) is 0 Å². The molecule has 1 fully saturated rings. The maximum absolute atomic E-state index is 12.4. The van der Waals surface area contributed by atoms with Gasteiger partial charge in [-0.25, -0.2) is 4.57 Å². The van der Waals surface area contributed by atoms with E-state index in [4.69, 9.17) is 18.7 Å². The maximum Gasteiger partial charge on any atom is 0.475 e. The summed E-state index contributed by atoms with van der Waals surface area (Å²) in [6.45, 7) is 5.19. The van der Waals surface area contributed by atoms with E-state index in [1.807, 2.05) is 0 Å². The molecule has 13 heteroatoms. The van der Waals surface area contributed by atoms with E-state index >= 15 is 0 Å². The van der Waals surface area contributed by atoms with Gasteiger partial charge in [0.1, 0.15) is 0 Å². The number of rotatable bonds is 11. The number of hydrogen-bond acceptors (Lipinski definition) is 9. The number of hydrogen-bond donors (Lipinski definition) is 3. The summed E-state index contributed by atoms with van der Waals surface area (Å²) < 4.78 is 27.1. The lowest BCUT2D eigenvalue weighted by atomic mass is 9.87. The largest absolute Gasteiger partial charge is 0.481 e. The Morgan fingerprint density at radius 1 is 1.27 bits per heavy atom. The molecule has 1 aliphatic rings. The summed E-state index contributed by atoms with van der Waals surface area (Å²) in [5.74, 6) is -2.30. The second-order valence-corrected chi connectivity index (χ2v) is 10.3. The van der Waals surface area contributed by atoms with Gasteiger partial charge in [0.05, 0.1) is 12.5 Å². The van der Waals surface area contributed by atoms with Gasteiger partial charge >= 0.3 is 13.8 Å². The Kier molecular flexibility index (Phi) is 10.5. The van der Waals surface area contributed by atoms with Gasteiger partial charge in [0, 0.05) is 44.2 Å². The van der Waals surface area contributed by atoms with Crippen molar-refractivity contribution < 1.29 is 42.4 Å². The molecular weight excluding hydrogens is 439 g/mol. The summed E-state index contributed by atoms with van der Waals surface area (Å²) in [6.07, 6.45) is -1.12. The predicted octanol–water partition coefficient (Wildman–Crippen LogP) is 1.18. The minimum atomic E-state index is -3.78. The monoisotopic (exact) mass is 468 g/mol. The molecule has 3 atom stereocenters. The first-order valence-corrected chi connectivity index (χ1v) is 11.8. The molecule has 0 radical (unpaired) electrons. The Morgan fingerprint density at radius 2 is 1.93 bits per heavy atom. The Morgan fingerprint density at radius 3 is 2.53 bits per heavy atom. The molecule has 0 aromatic rings. The molecule has 1 rings (SSSR count). The van der Waals surface area contributed by atoms with Crippen LogP contribution < -0.4 is 10.6 Å². The number of phosphoric ester groups is 1. The van der Waals surface area contributed by atoms with Crippen molar-refractivity contribution in [2.75, 3.05) is 32.6 Å². The van der Waals surface area contributed by atoms with Crippen LogP contribution >= 0.6 is 19.6 Å². The quantitative estimate of drug-likeness (QED) is 0.297. The first-order chi connectivity index (χ1) is 13.9. The predicted molar refractivity (Wildman–Crippen MR) is 109 cm³/mol. The fraction of sp³-hybridized carbons (Fsp3) is 0.765.